The molecule has 0 radical (unpaired) electrons. The van der Waals surface area contributed by atoms with Gasteiger partial charge in [-0.2, -0.15) is 0 Å². The summed E-state index contributed by atoms with van der Waals surface area (Å²) in [4.78, 5) is 16.5. The van der Waals surface area contributed by atoms with E-state index in [1.807, 2.05) is 0 Å². The first kappa shape index (κ1) is 15.8. The Hall–Kier alpha value is -1.62. The number of carbonyl (C=O) groups excluding carboxylic acids is 1. The second-order valence-electron chi connectivity index (χ2n) is 4.15. The van der Waals surface area contributed by atoms with E-state index in [0.717, 1.165) is 0 Å². The predicted octanol–water partition coefficient (Wildman–Crippen LogP) is 3.64. The number of ketones is 1. The lowest BCUT2D eigenvalue weighted by atomic mass is 10.1. The average Bonchev–Trinajstić information content (AvgIpc) is 2.47. The summed E-state index contributed by atoms with van der Waals surface area (Å²) in [5.74, 6) is 0.150. The molecule has 6 heteroatoms. The fourth-order valence-electron chi connectivity index (χ4n) is 1.72. The molecule has 1 heterocycles. The molecule has 1 aromatic carbocycles. The van der Waals surface area contributed by atoms with E-state index >= 15 is 0 Å². The fourth-order valence-corrected chi connectivity index (χ4v) is 2.19. The standard InChI is InChI=1S/C15H13Cl2NO3/c1-20-6-7-21-13-5-3-2-4-11(13)15(19)14-12(17)8-10(16)9-18-14/h2-5,8-9H,6-7H2,1H3. The van der Waals surface area contributed by atoms with E-state index in [-0.39, 0.29) is 16.5 Å². The highest BCUT2D eigenvalue weighted by molar-refractivity contribution is 6.37. The first-order valence-electron chi connectivity index (χ1n) is 6.20. The molecule has 2 aromatic rings. The average molecular weight is 326 g/mol. The van der Waals surface area contributed by atoms with Crippen LogP contribution in [0.3, 0.4) is 0 Å². The van der Waals surface area contributed by atoms with Crippen LogP contribution in [0.5, 0.6) is 5.75 Å². The van der Waals surface area contributed by atoms with Crippen molar-refractivity contribution in [1.29, 1.82) is 0 Å². The van der Waals surface area contributed by atoms with Crippen molar-refractivity contribution in [2.45, 2.75) is 0 Å². The molecule has 110 valence electrons. The number of rotatable bonds is 6. The molecular weight excluding hydrogens is 313 g/mol. The van der Waals surface area contributed by atoms with E-state index in [0.29, 0.717) is 29.5 Å². The Bertz CT molecular complexity index is 647. The third-order valence-corrected chi connectivity index (χ3v) is 3.19. The van der Waals surface area contributed by atoms with Gasteiger partial charge in [0.2, 0.25) is 5.78 Å². The van der Waals surface area contributed by atoms with Crippen LogP contribution in [-0.2, 0) is 4.74 Å². The minimum absolute atomic E-state index is 0.142. The molecule has 0 N–H and O–H groups in total. The minimum atomic E-state index is -0.315. The van der Waals surface area contributed by atoms with Crippen molar-refractivity contribution in [2.24, 2.45) is 0 Å². The highest BCUT2D eigenvalue weighted by Crippen LogP contribution is 2.25. The first-order chi connectivity index (χ1) is 10.1. The molecule has 0 spiro atoms. The highest BCUT2D eigenvalue weighted by atomic mass is 35.5. The number of methoxy groups -OCH3 is 1. The highest BCUT2D eigenvalue weighted by Gasteiger charge is 2.18. The van der Waals surface area contributed by atoms with Gasteiger partial charge < -0.3 is 9.47 Å². The van der Waals surface area contributed by atoms with Gasteiger partial charge in [-0.1, -0.05) is 35.3 Å². The molecule has 0 bridgehead atoms. The SMILES string of the molecule is COCCOc1ccccc1C(=O)c1ncc(Cl)cc1Cl. The van der Waals surface area contributed by atoms with Gasteiger partial charge >= 0.3 is 0 Å². The zero-order chi connectivity index (χ0) is 15.2. The second kappa shape index (κ2) is 7.41. The number of ether oxygens (including phenoxy) is 2. The van der Waals surface area contributed by atoms with E-state index < -0.39 is 0 Å². The molecule has 0 unspecified atom stereocenters. The molecule has 0 aliphatic rings. The largest absolute Gasteiger partial charge is 0.490 e. The van der Waals surface area contributed by atoms with Gasteiger partial charge in [0.1, 0.15) is 18.1 Å². The molecule has 0 amide bonds. The number of carbonyl (C=O) groups is 1. The lowest BCUT2D eigenvalue weighted by molar-refractivity contribution is 0.102. The molecule has 0 saturated carbocycles. The van der Waals surface area contributed by atoms with E-state index in [4.69, 9.17) is 32.7 Å². The maximum absolute atomic E-state index is 12.5. The first-order valence-corrected chi connectivity index (χ1v) is 6.95. The van der Waals surface area contributed by atoms with Crippen molar-refractivity contribution < 1.29 is 14.3 Å². The van der Waals surface area contributed by atoms with Crippen molar-refractivity contribution in [3.8, 4) is 5.75 Å². The zero-order valence-corrected chi connectivity index (χ0v) is 12.8. The summed E-state index contributed by atoms with van der Waals surface area (Å²) in [6.07, 6.45) is 1.38. The Morgan fingerprint density at radius 1 is 1.24 bits per heavy atom. The Kier molecular flexibility index (Phi) is 5.56. The summed E-state index contributed by atoms with van der Waals surface area (Å²) >= 11 is 11.8. The van der Waals surface area contributed by atoms with Crippen LogP contribution in [-0.4, -0.2) is 31.1 Å². The third kappa shape index (κ3) is 3.94. The Morgan fingerprint density at radius 2 is 2.00 bits per heavy atom. The maximum Gasteiger partial charge on any atom is 0.216 e. The normalized spacial score (nSPS) is 10.4. The molecule has 0 atom stereocenters. The Balaban J connectivity index is 2.30. The van der Waals surface area contributed by atoms with Crippen molar-refractivity contribution in [3.05, 3.63) is 57.8 Å². The van der Waals surface area contributed by atoms with Gasteiger partial charge in [-0.3, -0.25) is 4.79 Å². The van der Waals surface area contributed by atoms with Crippen molar-refractivity contribution in [2.75, 3.05) is 20.3 Å². The van der Waals surface area contributed by atoms with E-state index in [1.165, 1.54) is 12.3 Å². The number of benzene rings is 1. The monoisotopic (exact) mass is 325 g/mol. The molecule has 0 fully saturated rings. The summed E-state index contributed by atoms with van der Waals surface area (Å²) in [6, 6.07) is 8.40. The van der Waals surface area contributed by atoms with E-state index in [2.05, 4.69) is 4.98 Å². The van der Waals surface area contributed by atoms with Crippen molar-refractivity contribution >= 4 is 29.0 Å². The number of hydrogen-bond acceptors (Lipinski definition) is 4. The number of pyridine rings is 1. The molecular formula is C15H13Cl2NO3. The number of hydrogen-bond donors (Lipinski definition) is 0. The molecule has 4 nitrogen and oxygen atoms in total. The number of para-hydroxylation sites is 1. The molecule has 21 heavy (non-hydrogen) atoms. The van der Waals surface area contributed by atoms with Gasteiger partial charge in [0.15, 0.2) is 0 Å². The van der Waals surface area contributed by atoms with Gasteiger partial charge in [-0.05, 0) is 18.2 Å². The molecule has 0 aliphatic carbocycles. The molecule has 2 rings (SSSR count). The van der Waals surface area contributed by atoms with Crippen molar-refractivity contribution in [3.63, 3.8) is 0 Å². The predicted molar refractivity (Wildman–Crippen MR) is 81.5 cm³/mol. The Labute approximate surface area is 132 Å². The number of nitrogens with zero attached hydrogens (tertiary/aromatic N) is 1. The lowest BCUT2D eigenvalue weighted by Crippen LogP contribution is -2.10. The molecule has 1 aromatic heterocycles. The molecule has 0 aliphatic heterocycles. The van der Waals surface area contributed by atoms with Crippen LogP contribution in [0.1, 0.15) is 16.1 Å². The smallest absolute Gasteiger partial charge is 0.216 e. The van der Waals surface area contributed by atoms with Gasteiger partial charge in [-0.15, -0.1) is 0 Å². The van der Waals surface area contributed by atoms with Crippen LogP contribution >= 0.6 is 23.2 Å². The number of halogens is 2. The summed E-state index contributed by atoms with van der Waals surface area (Å²) < 4.78 is 10.5. The zero-order valence-electron chi connectivity index (χ0n) is 11.3. The number of aromatic nitrogens is 1. The van der Waals surface area contributed by atoms with Gasteiger partial charge in [0.05, 0.1) is 22.2 Å². The van der Waals surface area contributed by atoms with Crippen LogP contribution in [0.25, 0.3) is 0 Å². The lowest BCUT2D eigenvalue weighted by Gasteiger charge is -2.10. The topological polar surface area (TPSA) is 48.4 Å². The van der Waals surface area contributed by atoms with Crippen LogP contribution < -0.4 is 4.74 Å². The van der Waals surface area contributed by atoms with Crippen LogP contribution in [0.4, 0.5) is 0 Å². The summed E-state index contributed by atoms with van der Waals surface area (Å²) in [5.41, 5.74) is 0.536. The van der Waals surface area contributed by atoms with Crippen molar-refractivity contribution in [1.82, 2.24) is 4.98 Å². The van der Waals surface area contributed by atoms with Gasteiger partial charge in [-0.25, -0.2) is 4.98 Å². The molecule has 0 saturated heterocycles. The van der Waals surface area contributed by atoms with E-state index in [1.54, 1.807) is 31.4 Å². The van der Waals surface area contributed by atoms with Gasteiger partial charge in [0, 0.05) is 13.3 Å². The summed E-state index contributed by atoms with van der Waals surface area (Å²) in [7, 11) is 1.58. The Morgan fingerprint density at radius 3 is 2.71 bits per heavy atom. The van der Waals surface area contributed by atoms with Crippen LogP contribution in [0.2, 0.25) is 10.0 Å². The van der Waals surface area contributed by atoms with E-state index in [9.17, 15) is 4.79 Å². The van der Waals surface area contributed by atoms with Gasteiger partial charge in [0.25, 0.3) is 0 Å². The minimum Gasteiger partial charge on any atom is -0.490 e. The fraction of sp³-hybridized carbons (Fsp3) is 0.200. The third-order valence-electron chi connectivity index (χ3n) is 2.70. The second-order valence-corrected chi connectivity index (χ2v) is 4.99. The van der Waals surface area contributed by atoms with Crippen LogP contribution in [0.15, 0.2) is 36.5 Å². The summed E-state index contributed by atoms with van der Waals surface area (Å²) in [5, 5.41) is 0.584. The quantitative estimate of drug-likeness (QED) is 0.601. The van der Waals surface area contributed by atoms with Crippen LogP contribution in [0, 0.1) is 0 Å². The summed E-state index contributed by atoms with van der Waals surface area (Å²) in [6.45, 7) is 0.783. The maximum atomic E-state index is 12.5.